The summed E-state index contributed by atoms with van der Waals surface area (Å²) in [6.07, 6.45) is 1.58. The first-order valence-corrected chi connectivity index (χ1v) is 11.8. The lowest BCUT2D eigenvalue weighted by Gasteiger charge is -2.13. The van der Waals surface area contributed by atoms with E-state index in [9.17, 15) is 9.18 Å². The third-order valence-corrected chi connectivity index (χ3v) is 5.99. The average molecular weight is 514 g/mol. The van der Waals surface area contributed by atoms with Crippen LogP contribution in [0.1, 0.15) is 16.7 Å². The first-order chi connectivity index (χ1) is 18.0. The van der Waals surface area contributed by atoms with Gasteiger partial charge in [0.25, 0.3) is 0 Å². The van der Waals surface area contributed by atoms with Gasteiger partial charge in [-0.2, -0.15) is 0 Å². The number of carbonyl (C=O) groups excluding carboxylic acids is 1. The highest BCUT2D eigenvalue weighted by atomic mass is 35.5. The molecule has 0 N–H and O–H groups in total. The molecule has 5 nitrogen and oxygen atoms in total. The number of halogens is 2. The number of esters is 1. The zero-order chi connectivity index (χ0) is 25.8. The topological polar surface area (TPSA) is 57.1 Å². The summed E-state index contributed by atoms with van der Waals surface area (Å²) < 4.78 is 29.8. The van der Waals surface area contributed by atoms with Gasteiger partial charge in [-0.3, -0.25) is 0 Å². The summed E-state index contributed by atoms with van der Waals surface area (Å²) in [6.45, 7) is 0.180. The van der Waals surface area contributed by atoms with Crippen molar-refractivity contribution in [1.29, 1.82) is 0 Å². The Kier molecular flexibility index (Phi) is 7.01. The molecule has 4 aromatic carbocycles. The van der Waals surface area contributed by atoms with Crippen molar-refractivity contribution in [2.75, 3.05) is 7.11 Å². The van der Waals surface area contributed by atoms with E-state index >= 15 is 0 Å². The van der Waals surface area contributed by atoms with E-state index in [1.54, 1.807) is 30.3 Å². The van der Waals surface area contributed by atoms with E-state index in [0.29, 0.717) is 27.6 Å². The van der Waals surface area contributed by atoms with Gasteiger partial charge in [0.05, 0.1) is 12.1 Å². The van der Waals surface area contributed by atoms with Gasteiger partial charge in [0.15, 0.2) is 17.2 Å². The molecule has 0 radical (unpaired) electrons. The van der Waals surface area contributed by atoms with E-state index < -0.39 is 5.97 Å². The molecule has 0 saturated heterocycles. The van der Waals surface area contributed by atoms with Gasteiger partial charge in [-0.15, -0.1) is 0 Å². The van der Waals surface area contributed by atoms with Gasteiger partial charge in [-0.25, -0.2) is 14.2 Å². The molecule has 0 atom stereocenters. The van der Waals surface area contributed by atoms with Crippen molar-refractivity contribution >= 4 is 29.5 Å². The molecule has 0 bridgehead atoms. The first kappa shape index (κ1) is 24.3. The summed E-state index contributed by atoms with van der Waals surface area (Å²) >= 11 is 6.47. The van der Waals surface area contributed by atoms with Crippen LogP contribution in [0.25, 0.3) is 17.2 Å². The minimum Gasteiger partial charge on any atom is -0.493 e. The lowest BCUT2D eigenvalue weighted by Crippen LogP contribution is -2.05. The van der Waals surface area contributed by atoms with Gasteiger partial charge in [-0.05, 0) is 64.7 Å². The molecule has 1 aliphatic rings. The van der Waals surface area contributed by atoms with Gasteiger partial charge < -0.3 is 14.2 Å². The van der Waals surface area contributed by atoms with E-state index in [0.717, 1.165) is 16.7 Å². The zero-order valence-electron chi connectivity index (χ0n) is 19.8. The maximum atomic E-state index is 13.1. The lowest BCUT2D eigenvalue weighted by molar-refractivity contribution is -0.129. The summed E-state index contributed by atoms with van der Waals surface area (Å²) in [6, 6.07) is 26.9. The van der Waals surface area contributed by atoms with Gasteiger partial charge >= 0.3 is 5.97 Å². The van der Waals surface area contributed by atoms with Gasteiger partial charge in [0.1, 0.15) is 12.4 Å². The molecule has 0 aliphatic carbocycles. The molecule has 5 rings (SSSR count). The monoisotopic (exact) mass is 513 g/mol. The minimum absolute atomic E-state index is 0.139. The molecule has 7 heteroatoms. The van der Waals surface area contributed by atoms with Gasteiger partial charge in [0.2, 0.25) is 5.90 Å². The number of hydrogen-bond acceptors (Lipinski definition) is 5. The van der Waals surface area contributed by atoms with E-state index in [-0.39, 0.29) is 24.0 Å². The number of carbonyl (C=O) groups is 1. The molecule has 0 aromatic heterocycles. The van der Waals surface area contributed by atoms with Crippen LogP contribution in [0, 0.1) is 5.82 Å². The third-order valence-electron chi connectivity index (χ3n) is 5.71. The standard InChI is InChI=1S/C30H21ClFNO4/c1-35-27-17-20(15-25(31)28(27)36-18-19-7-13-24(32)14-8-19)16-26-30(34)37-29(33-26)23-11-9-22(10-12-23)21-5-3-2-4-6-21/h2-17H,18H2,1H3/b26-16-. The average Bonchev–Trinajstić information content (AvgIpc) is 3.29. The summed E-state index contributed by atoms with van der Waals surface area (Å²) in [5.74, 6) is 0.0695. The molecule has 0 spiro atoms. The van der Waals surface area contributed by atoms with Crippen molar-refractivity contribution in [1.82, 2.24) is 0 Å². The molecule has 0 unspecified atom stereocenters. The Balaban J connectivity index is 1.36. The molecule has 0 amide bonds. The quantitative estimate of drug-likeness (QED) is 0.196. The number of rotatable bonds is 7. The predicted octanol–water partition coefficient (Wildman–Crippen LogP) is 7.08. The molecule has 4 aromatic rings. The number of cyclic esters (lactones) is 1. The maximum absolute atomic E-state index is 13.1. The summed E-state index contributed by atoms with van der Waals surface area (Å²) in [7, 11) is 1.49. The van der Waals surface area contributed by atoms with Crippen LogP contribution in [-0.2, 0) is 16.1 Å². The molecule has 37 heavy (non-hydrogen) atoms. The lowest BCUT2D eigenvalue weighted by atomic mass is 10.0. The van der Waals surface area contributed by atoms with E-state index in [1.165, 1.54) is 19.2 Å². The summed E-state index contributed by atoms with van der Waals surface area (Å²) in [5, 5.41) is 0.292. The fourth-order valence-electron chi connectivity index (χ4n) is 3.83. The Bertz CT molecular complexity index is 1500. The smallest absolute Gasteiger partial charge is 0.363 e. The molecular formula is C30H21ClFNO4. The summed E-state index contributed by atoms with van der Waals surface area (Å²) in [4.78, 5) is 16.9. The second-order valence-electron chi connectivity index (χ2n) is 8.23. The number of aliphatic imine (C=N–C) groups is 1. The van der Waals surface area contributed by atoms with Crippen molar-refractivity contribution in [2.24, 2.45) is 4.99 Å². The highest BCUT2D eigenvalue weighted by molar-refractivity contribution is 6.32. The molecule has 1 aliphatic heterocycles. The van der Waals surface area contributed by atoms with Crippen molar-refractivity contribution in [3.63, 3.8) is 0 Å². The Morgan fingerprint density at radius 3 is 2.30 bits per heavy atom. The Hall–Kier alpha value is -4.42. The fraction of sp³-hybridized carbons (Fsp3) is 0.0667. The summed E-state index contributed by atoms with van der Waals surface area (Å²) in [5.41, 5.74) is 4.34. The highest BCUT2D eigenvalue weighted by Crippen LogP contribution is 2.38. The Morgan fingerprint density at radius 1 is 0.919 bits per heavy atom. The highest BCUT2D eigenvalue weighted by Gasteiger charge is 2.24. The molecular weight excluding hydrogens is 493 g/mol. The zero-order valence-corrected chi connectivity index (χ0v) is 20.5. The SMILES string of the molecule is COc1cc(/C=C2\N=C(c3ccc(-c4ccccc4)cc3)OC2=O)cc(Cl)c1OCc1ccc(F)cc1. The molecule has 0 saturated carbocycles. The van der Waals surface area contributed by atoms with Crippen molar-refractivity contribution in [3.05, 3.63) is 124 Å². The van der Waals surface area contributed by atoms with Gasteiger partial charge in [-0.1, -0.05) is 66.2 Å². The number of ether oxygens (including phenoxy) is 3. The second-order valence-corrected chi connectivity index (χ2v) is 8.64. The largest absolute Gasteiger partial charge is 0.493 e. The van der Waals surface area contributed by atoms with Crippen molar-refractivity contribution in [3.8, 4) is 22.6 Å². The van der Waals surface area contributed by atoms with Crippen LogP contribution in [0.2, 0.25) is 5.02 Å². The minimum atomic E-state index is -0.561. The van der Waals surface area contributed by atoms with Crippen molar-refractivity contribution in [2.45, 2.75) is 6.61 Å². The molecule has 0 fully saturated rings. The fourth-order valence-corrected chi connectivity index (χ4v) is 4.10. The van der Waals surface area contributed by atoms with E-state index in [1.807, 2.05) is 54.6 Å². The van der Waals surface area contributed by atoms with E-state index in [4.69, 9.17) is 25.8 Å². The van der Waals surface area contributed by atoms with Crippen LogP contribution in [-0.4, -0.2) is 19.0 Å². The van der Waals surface area contributed by atoms with Crippen LogP contribution in [0.4, 0.5) is 4.39 Å². The predicted molar refractivity (Wildman–Crippen MR) is 141 cm³/mol. The third kappa shape index (κ3) is 5.55. The van der Waals surface area contributed by atoms with Crippen LogP contribution < -0.4 is 9.47 Å². The maximum Gasteiger partial charge on any atom is 0.363 e. The second kappa shape index (κ2) is 10.7. The molecule has 1 heterocycles. The van der Waals surface area contributed by atoms with Crippen LogP contribution in [0.5, 0.6) is 11.5 Å². The van der Waals surface area contributed by atoms with Crippen molar-refractivity contribution < 1.29 is 23.4 Å². The normalized spacial score (nSPS) is 13.9. The van der Waals surface area contributed by atoms with Crippen LogP contribution in [0.15, 0.2) is 102 Å². The number of methoxy groups -OCH3 is 1. The van der Waals surface area contributed by atoms with E-state index in [2.05, 4.69) is 4.99 Å². The Labute approximate surface area is 218 Å². The first-order valence-electron chi connectivity index (χ1n) is 11.4. The molecule has 184 valence electrons. The number of hydrogen-bond donors (Lipinski definition) is 0. The number of nitrogens with zero attached hydrogens (tertiary/aromatic N) is 1. The number of benzene rings is 4. The van der Waals surface area contributed by atoms with Gasteiger partial charge in [0, 0.05) is 5.56 Å². The van der Waals surface area contributed by atoms with Crippen LogP contribution >= 0.6 is 11.6 Å². The Morgan fingerprint density at radius 2 is 1.59 bits per heavy atom. The van der Waals surface area contributed by atoms with Crippen LogP contribution in [0.3, 0.4) is 0 Å².